The zero-order chi connectivity index (χ0) is 21.2. The molecule has 164 valence electrons. The molecule has 0 nitrogen and oxygen atoms in total. The lowest BCUT2D eigenvalue weighted by molar-refractivity contribution is 0.302. The first-order chi connectivity index (χ1) is 14.7. The maximum atomic E-state index is 2.40. The molecule has 0 saturated heterocycles. The highest BCUT2D eigenvalue weighted by Crippen LogP contribution is 2.38. The molecule has 0 heteroatoms. The van der Waals surface area contributed by atoms with Crippen molar-refractivity contribution in [1.82, 2.24) is 0 Å². The van der Waals surface area contributed by atoms with Crippen LogP contribution in [0.15, 0.2) is 48.5 Å². The molecule has 0 radical (unpaired) electrons. The van der Waals surface area contributed by atoms with Crippen molar-refractivity contribution >= 4 is 0 Å². The molecular formula is C30H44. The van der Waals surface area contributed by atoms with Crippen LogP contribution in [-0.4, -0.2) is 0 Å². The Kier molecular flexibility index (Phi) is 9.50. The number of unbranched alkanes of at least 4 members (excludes halogenated alkanes) is 4. The summed E-state index contributed by atoms with van der Waals surface area (Å²) in [6.45, 7) is 6.92. The van der Waals surface area contributed by atoms with Gasteiger partial charge in [0.05, 0.1) is 0 Å². The van der Waals surface area contributed by atoms with E-state index in [1.807, 2.05) is 0 Å². The lowest BCUT2D eigenvalue weighted by atomic mass is 9.77. The minimum atomic E-state index is 0.770. The van der Waals surface area contributed by atoms with Gasteiger partial charge in [0.1, 0.15) is 0 Å². The lowest BCUT2D eigenvalue weighted by Crippen LogP contribution is -2.13. The molecule has 1 atom stereocenters. The van der Waals surface area contributed by atoms with Gasteiger partial charge < -0.3 is 0 Å². The van der Waals surface area contributed by atoms with Crippen LogP contribution in [0.5, 0.6) is 0 Å². The van der Waals surface area contributed by atoms with Crippen LogP contribution < -0.4 is 0 Å². The molecule has 2 aromatic carbocycles. The Balaban J connectivity index is 1.47. The molecule has 0 spiro atoms. The van der Waals surface area contributed by atoms with Gasteiger partial charge in [0.2, 0.25) is 0 Å². The molecule has 1 fully saturated rings. The first-order valence-corrected chi connectivity index (χ1v) is 12.9. The maximum absolute atomic E-state index is 2.40. The van der Waals surface area contributed by atoms with Crippen LogP contribution in [0, 0.1) is 11.8 Å². The Hall–Kier alpha value is -1.56. The van der Waals surface area contributed by atoms with Gasteiger partial charge in [-0.1, -0.05) is 114 Å². The molecule has 1 aliphatic carbocycles. The molecule has 0 N–H and O–H groups in total. The minimum absolute atomic E-state index is 0.770. The fourth-order valence-corrected chi connectivity index (χ4v) is 5.15. The first-order valence-electron chi connectivity index (χ1n) is 12.9. The molecule has 1 unspecified atom stereocenters. The predicted octanol–water partition coefficient (Wildman–Crippen LogP) is 9.58. The second kappa shape index (κ2) is 12.3. The average Bonchev–Trinajstić information content (AvgIpc) is 2.80. The van der Waals surface area contributed by atoms with E-state index in [-0.39, 0.29) is 0 Å². The molecule has 3 rings (SSSR count). The van der Waals surface area contributed by atoms with Crippen molar-refractivity contribution in [3.05, 3.63) is 59.7 Å². The van der Waals surface area contributed by atoms with Gasteiger partial charge in [-0.15, -0.1) is 0 Å². The highest BCUT2D eigenvalue weighted by Gasteiger charge is 2.22. The quantitative estimate of drug-likeness (QED) is 0.327. The predicted molar refractivity (Wildman–Crippen MR) is 133 cm³/mol. The first kappa shape index (κ1) is 23.1. The van der Waals surface area contributed by atoms with E-state index in [1.54, 1.807) is 5.56 Å². The Morgan fingerprint density at radius 2 is 1.33 bits per heavy atom. The van der Waals surface area contributed by atoms with Crippen molar-refractivity contribution in [1.29, 1.82) is 0 Å². The van der Waals surface area contributed by atoms with E-state index in [0.717, 1.165) is 17.8 Å². The summed E-state index contributed by atoms with van der Waals surface area (Å²) in [6.07, 6.45) is 16.7. The summed E-state index contributed by atoms with van der Waals surface area (Å²) < 4.78 is 0. The van der Waals surface area contributed by atoms with E-state index in [1.165, 1.54) is 93.7 Å². The fraction of sp³-hybridized carbons (Fsp3) is 0.600. The number of benzene rings is 2. The van der Waals surface area contributed by atoms with Crippen LogP contribution in [0.3, 0.4) is 0 Å². The summed E-state index contributed by atoms with van der Waals surface area (Å²) in [5.74, 6) is 2.55. The van der Waals surface area contributed by atoms with Gasteiger partial charge in [0, 0.05) is 0 Å². The largest absolute Gasteiger partial charge is 0.0654 e. The lowest BCUT2D eigenvalue weighted by Gasteiger charge is -2.29. The average molecular weight is 405 g/mol. The standard InChI is InChI=1S/C30H44/c1-4-6-7-8-9-10-25-11-15-27(16-12-25)29-19-21-30(22-20-29)28-17-13-26(14-18-28)23-24(3)5-2/h13-14,17-22,24-25,27H,4-12,15-16,23H2,1-3H3. The van der Waals surface area contributed by atoms with Gasteiger partial charge >= 0.3 is 0 Å². The van der Waals surface area contributed by atoms with E-state index in [0.29, 0.717) is 0 Å². The highest BCUT2D eigenvalue weighted by atomic mass is 14.3. The van der Waals surface area contributed by atoms with Gasteiger partial charge in [-0.2, -0.15) is 0 Å². The highest BCUT2D eigenvalue weighted by molar-refractivity contribution is 5.64. The van der Waals surface area contributed by atoms with E-state index in [9.17, 15) is 0 Å². The molecule has 0 bridgehead atoms. The summed E-state index contributed by atoms with van der Waals surface area (Å²) in [6, 6.07) is 18.7. The van der Waals surface area contributed by atoms with Gasteiger partial charge in [0.25, 0.3) is 0 Å². The van der Waals surface area contributed by atoms with Crippen LogP contribution >= 0.6 is 0 Å². The van der Waals surface area contributed by atoms with Crippen LogP contribution in [0.1, 0.15) is 108 Å². The van der Waals surface area contributed by atoms with Crippen molar-refractivity contribution in [3.63, 3.8) is 0 Å². The van der Waals surface area contributed by atoms with Crippen molar-refractivity contribution in [2.24, 2.45) is 11.8 Å². The second-order valence-corrected chi connectivity index (χ2v) is 9.96. The molecule has 1 aliphatic rings. The van der Waals surface area contributed by atoms with E-state index in [4.69, 9.17) is 0 Å². The summed E-state index contributed by atoms with van der Waals surface area (Å²) in [4.78, 5) is 0. The zero-order valence-corrected chi connectivity index (χ0v) is 19.8. The smallest absolute Gasteiger partial charge is 0.0162 e. The molecule has 0 heterocycles. The van der Waals surface area contributed by atoms with E-state index < -0.39 is 0 Å². The molecular weight excluding hydrogens is 360 g/mol. The Morgan fingerprint density at radius 3 is 1.93 bits per heavy atom. The van der Waals surface area contributed by atoms with Crippen LogP contribution in [-0.2, 0) is 6.42 Å². The van der Waals surface area contributed by atoms with Crippen molar-refractivity contribution in [2.45, 2.75) is 104 Å². The normalized spacial score (nSPS) is 20.2. The minimum Gasteiger partial charge on any atom is -0.0654 e. The molecule has 0 aromatic heterocycles. The van der Waals surface area contributed by atoms with Gasteiger partial charge in [0.15, 0.2) is 0 Å². The van der Waals surface area contributed by atoms with Crippen molar-refractivity contribution in [2.75, 3.05) is 0 Å². The molecule has 0 amide bonds. The summed E-state index contributed by atoms with van der Waals surface area (Å²) >= 11 is 0. The monoisotopic (exact) mass is 404 g/mol. The number of hydrogen-bond donors (Lipinski definition) is 0. The third-order valence-corrected chi connectivity index (χ3v) is 7.51. The van der Waals surface area contributed by atoms with Crippen LogP contribution in [0.2, 0.25) is 0 Å². The second-order valence-electron chi connectivity index (χ2n) is 9.96. The number of hydrogen-bond acceptors (Lipinski definition) is 0. The van der Waals surface area contributed by atoms with Gasteiger partial charge in [-0.3, -0.25) is 0 Å². The number of rotatable bonds is 11. The van der Waals surface area contributed by atoms with Gasteiger partial charge in [-0.25, -0.2) is 0 Å². The topological polar surface area (TPSA) is 0 Å². The molecule has 30 heavy (non-hydrogen) atoms. The fourth-order valence-electron chi connectivity index (χ4n) is 5.15. The van der Waals surface area contributed by atoms with Gasteiger partial charge in [-0.05, 0) is 72.1 Å². The van der Waals surface area contributed by atoms with E-state index >= 15 is 0 Å². The maximum Gasteiger partial charge on any atom is -0.0162 e. The zero-order valence-electron chi connectivity index (χ0n) is 19.8. The third kappa shape index (κ3) is 7.00. The van der Waals surface area contributed by atoms with E-state index in [2.05, 4.69) is 69.3 Å². The summed E-state index contributed by atoms with van der Waals surface area (Å²) in [5.41, 5.74) is 5.73. The van der Waals surface area contributed by atoms with Crippen LogP contribution in [0.25, 0.3) is 11.1 Å². The molecule has 1 saturated carbocycles. The Morgan fingerprint density at radius 1 is 0.733 bits per heavy atom. The SMILES string of the molecule is CCCCCCCC1CCC(c2ccc(-c3ccc(CC(C)CC)cc3)cc2)CC1. The Bertz CT molecular complexity index is 701. The van der Waals surface area contributed by atoms with Crippen molar-refractivity contribution in [3.8, 4) is 11.1 Å². The molecule has 2 aromatic rings. The third-order valence-electron chi connectivity index (χ3n) is 7.51. The molecule has 0 aliphatic heterocycles. The van der Waals surface area contributed by atoms with Crippen LogP contribution in [0.4, 0.5) is 0 Å². The van der Waals surface area contributed by atoms with Crippen molar-refractivity contribution < 1.29 is 0 Å². The summed E-state index contributed by atoms with van der Waals surface area (Å²) in [7, 11) is 0. The summed E-state index contributed by atoms with van der Waals surface area (Å²) in [5, 5.41) is 0. The Labute approximate surface area is 186 Å².